The Morgan fingerprint density at radius 1 is 1.24 bits per heavy atom. The number of carbonyl (C=O) groups is 2. The van der Waals surface area contributed by atoms with E-state index >= 15 is 0 Å². The van der Waals surface area contributed by atoms with Crippen LogP contribution in [0.5, 0.6) is 0 Å². The van der Waals surface area contributed by atoms with Crippen LogP contribution in [0.2, 0.25) is 0 Å². The number of esters is 2. The highest BCUT2D eigenvalue weighted by molar-refractivity contribution is 7.87. The van der Waals surface area contributed by atoms with Gasteiger partial charge in [0.15, 0.2) is 6.61 Å². The molecule has 5 atom stereocenters. The second-order valence-corrected chi connectivity index (χ2v) is 8.34. The lowest BCUT2D eigenvalue weighted by molar-refractivity contribution is -0.159. The molecule has 25 heavy (non-hydrogen) atoms. The first-order chi connectivity index (χ1) is 11.6. The van der Waals surface area contributed by atoms with Crippen LogP contribution in [0.15, 0.2) is 12.2 Å². The molecule has 5 unspecified atom stereocenters. The van der Waals surface area contributed by atoms with E-state index in [1.54, 1.807) is 6.92 Å². The molecule has 3 fully saturated rings. The fourth-order valence-electron chi connectivity index (χ4n) is 3.42. The maximum atomic E-state index is 11.9. The minimum absolute atomic E-state index is 0.0427. The average molecular weight is 376 g/mol. The summed E-state index contributed by atoms with van der Waals surface area (Å²) >= 11 is 0. The molecule has 3 heterocycles. The van der Waals surface area contributed by atoms with Gasteiger partial charge in [-0.2, -0.15) is 8.42 Å². The van der Waals surface area contributed by atoms with E-state index in [0.717, 1.165) is 0 Å². The molecule has 140 valence electrons. The monoisotopic (exact) mass is 376 g/mol. The Morgan fingerprint density at radius 2 is 1.96 bits per heavy atom. The lowest BCUT2D eigenvalue weighted by Crippen LogP contribution is -2.46. The molecule has 3 rings (SSSR count). The molecule has 0 spiro atoms. The van der Waals surface area contributed by atoms with Gasteiger partial charge in [-0.25, -0.2) is 9.59 Å². The van der Waals surface area contributed by atoms with Crippen molar-refractivity contribution < 1.29 is 41.1 Å². The average Bonchev–Trinajstić information content (AvgIpc) is 3.06. The van der Waals surface area contributed by atoms with Crippen LogP contribution in [0.25, 0.3) is 0 Å². The van der Waals surface area contributed by atoms with Crippen LogP contribution in [0.3, 0.4) is 0 Å². The van der Waals surface area contributed by atoms with E-state index in [9.17, 15) is 18.0 Å². The summed E-state index contributed by atoms with van der Waals surface area (Å²) in [7, 11) is -3.61. The van der Waals surface area contributed by atoms with Gasteiger partial charge in [-0.05, 0) is 13.8 Å². The van der Waals surface area contributed by atoms with Crippen LogP contribution < -0.4 is 0 Å². The molecule has 0 aliphatic carbocycles. The van der Waals surface area contributed by atoms with Crippen LogP contribution in [0, 0.1) is 0 Å². The summed E-state index contributed by atoms with van der Waals surface area (Å²) in [5.74, 6) is -1.39. The van der Waals surface area contributed by atoms with Gasteiger partial charge in [-0.15, -0.1) is 0 Å². The van der Waals surface area contributed by atoms with Crippen molar-refractivity contribution in [3.8, 4) is 0 Å². The number of rotatable bonds is 7. The zero-order valence-corrected chi connectivity index (χ0v) is 14.7. The topological polar surface area (TPSA) is 114 Å². The van der Waals surface area contributed by atoms with Crippen molar-refractivity contribution in [3.63, 3.8) is 0 Å². The van der Waals surface area contributed by atoms with E-state index in [1.165, 1.54) is 6.92 Å². The van der Waals surface area contributed by atoms with Crippen LogP contribution in [-0.4, -0.2) is 69.3 Å². The molecular weight excluding hydrogens is 356 g/mol. The highest BCUT2D eigenvalue weighted by atomic mass is 32.2. The van der Waals surface area contributed by atoms with E-state index in [1.807, 2.05) is 0 Å². The van der Waals surface area contributed by atoms with Gasteiger partial charge in [0.25, 0.3) is 10.1 Å². The number of hydrogen-bond donors (Lipinski definition) is 0. The molecule has 0 radical (unpaired) electrons. The smallest absolute Gasteiger partial charge is 0.344 e. The van der Waals surface area contributed by atoms with Crippen LogP contribution in [0.1, 0.15) is 20.3 Å². The summed E-state index contributed by atoms with van der Waals surface area (Å²) in [6.07, 6.45) is -1.41. The van der Waals surface area contributed by atoms with Crippen LogP contribution in [-0.2, 0) is 42.8 Å². The highest BCUT2D eigenvalue weighted by Gasteiger charge is 2.71. The Bertz CT molecular complexity index is 700. The third-order valence-electron chi connectivity index (χ3n) is 4.53. The maximum absolute atomic E-state index is 11.9. The standard InChI is InChI=1S/C15H20O9S/c1-8(2)14(17)22-7-10(16)20-4-5-21-13-12-11-9(25(18,19)24-12)6-15(13,3)23-11/h9,11-13H,1,4-7H2,2-3H3. The first-order valence-corrected chi connectivity index (χ1v) is 9.31. The van der Waals surface area contributed by atoms with Crippen molar-refractivity contribution in [2.45, 2.75) is 49.4 Å². The summed E-state index contributed by atoms with van der Waals surface area (Å²) in [6.45, 7) is 6.12. The normalized spacial score (nSPS) is 37.0. The third-order valence-corrected chi connectivity index (χ3v) is 6.20. The van der Waals surface area contributed by atoms with Crippen molar-refractivity contribution in [2.24, 2.45) is 0 Å². The second kappa shape index (κ2) is 6.35. The van der Waals surface area contributed by atoms with Gasteiger partial charge in [0.05, 0.1) is 12.2 Å². The molecule has 3 aliphatic heterocycles. The van der Waals surface area contributed by atoms with Gasteiger partial charge in [0, 0.05) is 12.0 Å². The lowest BCUT2D eigenvalue weighted by atomic mass is 9.85. The van der Waals surface area contributed by atoms with E-state index < -0.39 is 57.8 Å². The molecule has 0 N–H and O–H groups in total. The third kappa shape index (κ3) is 3.31. The molecule has 2 bridgehead atoms. The summed E-state index contributed by atoms with van der Waals surface area (Å²) in [5.41, 5.74) is -0.546. The molecule has 3 saturated heterocycles. The highest BCUT2D eigenvalue weighted by Crippen LogP contribution is 2.53. The Balaban J connectivity index is 1.42. The van der Waals surface area contributed by atoms with Gasteiger partial charge in [-0.1, -0.05) is 6.58 Å². The number of hydrogen-bond acceptors (Lipinski definition) is 9. The predicted octanol–water partition coefficient (Wildman–Crippen LogP) is -0.307. The van der Waals surface area contributed by atoms with E-state index in [-0.39, 0.29) is 18.8 Å². The molecule has 3 aliphatic rings. The number of ether oxygens (including phenoxy) is 4. The maximum Gasteiger partial charge on any atom is 0.344 e. The zero-order chi connectivity index (χ0) is 18.4. The summed E-state index contributed by atoms with van der Waals surface area (Å²) in [6, 6.07) is 0. The van der Waals surface area contributed by atoms with Gasteiger partial charge >= 0.3 is 11.9 Å². The summed E-state index contributed by atoms with van der Waals surface area (Å²) < 4.78 is 49.9. The van der Waals surface area contributed by atoms with Gasteiger partial charge in [0.1, 0.15) is 30.2 Å². The van der Waals surface area contributed by atoms with Gasteiger partial charge in [0.2, 0.25) is 0 Å². The molecule has 0 aromatic carbocycles. The number of fused-ring (bicyclic) bond motifs is 1. The fraction of sp³-hybridized carbons (Fsp3) is 0.733. The Morgan fingerprint density at radius 3 is 2.64 bits per heavy atom. The van der Waals surface area contributed by atoms with Gasteiger partial charge < -0.3 is 18.9 Å². The second-order valence-electron chi connectivity index (χ2n) is 6.56. The molecule has 0 saturated carbocycles. The summed E-state index contributed by atoms with van der Waals surface area (Å²) in [4.78, 5) is 22.6. The zero-order valence-electron chi connectivity index (χ0n) is 13.9. The minimum Gasteiger partial charge on any atom is -0.461 e. The summed E-state index contributed by atoms with van der Waals surface area (Å²) in [5, 5.41) is -0.636. The van der Waals surface area contributed by atoms with Crippen LogP contribution >= 0.6 is 0 Å². The Kier molecular flexibility index (Phi) is 4.65. The SMILES string of the molecule is C=C(C)C(=O)OCC(=O)OCCOC1C2OS(=O)(=O)C3CC1(C)OC23. The lowest BCUT2D eigenvalue weighted by Gasteiger charge is -2.29. The molecular formula is C15H20O9S. The van der Waals surface area contributed by atoms with Crippen molar-refractivity contribution in [1.82, 2.24) is 0 Å². The van der Waals surface area contributed by atoms with E-state index in [4.69, 9.17) is 18.4 Å². The minimum atomic E-state index is -3.61. The molecule has 0 amide bonds. The van der Waals surface area contributed by atoms with Crippen molar-refractivity contribution in [3.05, 3.63) is 12.2 Å². The predicted molar refractivity (Wildman–Crippen MR) is 81.9 cm³/mol. The van der Waals surface area contributed by atoms with Crippen molar-refractivity contribution >= 4 is 22.1 Å². The Labute approximate surface area is 145 Å². The molecule has 0 aromatic heterocycles. The quantitative estimate of drug-likeness (QED) is 0.255. The first-order valence-electron chi connectivity index (χ1n) is 7.84. The van der Waals surface area contributed by atoms with Crippen molar-refractivity contribution in [2.75, 3.05) is 19.8 Å². The fourth-order valence-corrected chi connectivity index (χ4v) is 5.16. The van der Waals surface area contributed by atoms with E-state index in [2.05, 4.69) is 11.3 Å². The van der Waals surface area contributed by atoms with Crippen molar-refractivity contribution in [1.29, 1.82) is 0 Å². The number of carbonyl (C=O) groups excluding carboxylic acids is 2. The van der Waals surface area contributed by atoms with E-state index in [0.29, 0.717) is 6.42 Å². The molecule has 10 heteroatoms. The largest absolute Gasteiger partial charge is 0.461 e. The van der Waals surface area contributed by atoms with Gasteiger partial charge in [-0.3, -0.25) is 4.18 Å². The van der Waals surface area contributed by atoms with Crippen LogP contribution in [0.4, 0.5) is 0 Å². The molecule has 0 aromatic rings. The Hall–Kier alpha value is -1.49. The molecule has 9 nitrogen and oxygen atoms in total. The first kappa shape index (κ1) is 18.3.